The Balaban J connectivity index is 2.19. The number of carbonyl (C=O) groups is 2. The Morgan fingerprint density at radius 3 is 2.70 bits per heavy atom. The molecule has 2 aromatic rings. The third-order valence-electron chi connectivity index (χ3n) is 3.35. The van der Waals surface area contributed by atoms with E-state index in [1.807, 2.05) is 6.92 Å². The molecule has 2 rings (SSSR count). The first-order chi connectivity index (χ1) is 10.9. The fourth-order valence-electron chi connectivity index (χ4n) is 2.03. The van der Waals surface area contributed by atoms with Crippen molar-refractivity contribution in [3.63, 3.8) is 0 Å². The molecule has 1 heterocycles. The molecular formula is C16H19FN4O2. The number of rotatable bonds is 5. The summed E-state index contributed by atoms with van der Waals surface area (Å²) in [5.74, 6) is -0.496. The summed E-state index contributed by atoms with van der Waals surface area (Å²) in [5, 5.41) is 6.67. The molecule has 0 aliphatic heterocycles. The van der Waals surface area contributed by atoms with Crippen molar-refractivity contribution in [3.8, 4) is 0 Å². The first-order valence-corrected chi connectivity index (χ1v) is 7.14. The second-order valence-corrected chi connectivity index (χ2v) is 5.36. The van der Waals surface area contributed by atoms with E-state index < -0.39 is 6.67 Å². The van der Waals surface area contributed by atoms with Crippen molar-refractivity contribution in [2.75, 3.05) is 26.1 Å². The molecule has 0 atom stereocenters. The van der Waals surface area contributed by atoms with Crippen molar-refractivity contribution in [1.82, 2.24) is 14.7 Å². The zero-order chi connectivity index (χ0) is 17.0. The Hall–Kier alpha value is -2.70. The highest BCUT2D eigenvalue weighted by Gasteiger charge is 2.13. The van der Waals surface area contributed by atoms with Crippen molar-refractivity contribution in [3.05, 3.63) is 47.3 Å². The summed E-state index contributed by atoms with van der Waals surface area (Å²) in [6.45, 7) is 1.40. The second kappa shape index (κ2) is 7.04. The molecule has 0 unspecified atom stereocenters. The third-order valence-corrected chi connectivity index (χ3v) is 3.35. The maximum Gasteiger partial charge on any atom is 0.258 e. The van der Waals surface area contributed by atoms with Gasteiger partial charge in [0.1, 0.15) is 6.67 Å². The van der Waals surface area contributed by atoms with Gasteiger partial charge in [-0.3, -0.25) is 14.3 Å². The first kappa shape index (κ1) is 16.7. The van der Waals surface area contributed by atoms with E-state index in [1.54, 1.807) is 32.3 Å². The number of nitrogens with zero attached hydrogens (tertiary/aromatic N) is 3. The number of halogens is 1. The fraction of sp³-hybridized carbons (Fsp3) is 0.312. The molecule has 0 fully saturated rings. The number of carbonyl (C=O) groups excluding carboxylic acids is 2. The van der Waals surface area contributed by atoms with Gasteiger partial charge in [0, 0.05) is 31.5 Å². The van der Waals surface area contributed by atoms with Crippen molar-refractivity contribution in [1.29, 1.82) is 0 Å². The number of benzene rings is 1. The Bertz CT molecular complexity index is 725. The molecule has 23 heavy (non-hydrogen) atoms. The van der Waals surface area contributed by atoms with Gasteiger partial charge in [0.2, 0.25) is 0 Å². The van der Waals surface area contributed by atoms with Gasteiger partial charge in [0.25, 0.3) is 11.8 Å². The molecule has 6 nitrogen and oxygen atoms in total. The van der Waals surface area contributed by atoms with Crippen LogP contribution in [0.4, 0.5) is 10.1 Å². The van der Waals surface area contributed by atoms with Crippen LogP contribution in [-0.4, -0.2) is 47.3 Å². The maximum absolute atomic E-state index is 12.3. The topological polar surface area (TPSA) is 67.2 Å². The average Bonchev–Trinajstić information content (AvgIpc) is 2.97. The zero-order valence-electron chi connectivity index (χ0n) is 13.3. The average molecular weight is 318 g/mol. The summed E-state index contributed by atoms with van der Waals surface area (Å²) in [6, 6.07) is 5.13. The molecule has 0 spiro atoms. The molecule has 0 bridgehead atoms. The number of alkyl halides is 1. The lowest BCUT2D eigenvalue weighted by atomic mass is 10.1. The van der Waals surface area contributed by atoms with Gasteiger partial charge >= 0.3 is 0 Å². The van der Waals surface area contributed by atoms with Crippen LogP contribution < -0.4 is 5.32 Å². The minimum atomic E-state index is -0.545. The molecule has 122 valence electrons. The number of aryl methyl sites for hydroxylation is 2. The molecule has 0 aliphatic rings. The van der Waals surface area contributed by atoms with Gasteiger partial charge in [0.15, 0.2) is 0 Å². The van der Waals surface area contributed by atoms with Crippen LogP contribution in [-0.2, 0) is 6.54 Å². The fourth-order valence-corrected chi connectivity index (χ4v) is 2.03. The summed E-state index contributed by atoms with van der Waals surface area (Å²) >= 11 is 0. The van der Waals surface area contributed by atoms with Crippen LogP contribution in [0.25, 0.3) is 0 Å². The number of amides is 2. The molecule has 0 radical (unpaired) electrons. The number of nitrogens with one attached hydrogen (secondary N) is 1. The SMILES string of the molecule is Cc1ccc(C(=O)N(C)C)cc1NC(=O)c1cnn(CCF)c1. The van der Waals surface area contributed by atoms with Crippen molar-refractivity contribution in [2.45, 2.75) is 13.5 Å². The molecule has 0 aliphatic carbocycles. The van der Waals surface area contributed by atoms with E-state index in [9.17, 15) is 14.0 Å². The number of hydrogen-bond acceptors (Lipinski definition) is 3. The Kier molecular flexibility index (Phi) is 5.10. The molecule has 2 amide bonds. The van der Waals surface area contributed by atoms with Crippen LogP contribution in [0.3, 0.4) is 0 Å². The summed E-state index contributed by atoms with van der Waals surface area (Å²) in [6.07, 6.45) is 2.87. The highest BCUT2D eigenvalue weighted by Crippen LogP contribution is 2.18. The Morgan fingerprint density at radius 2 is 2.04 bits per heavy atom. The normalized spacial score (nSPS) is 10.4. The van der Waals surface area contributed by atoms with Gasteiger partial charge in [-0.25, -0.2) is 4.39 Å². The summed E-state index contributed by atoms with van der Waals surface area (Å²) in [4.78, 5) is 25.7. The smallest absolute Gasteiger partial charge is 0.258 e. The van der Waals surface area contributed by atoms with E-state index in [0.717, 1.165) is 5.56 Å². The summed E-state index contributed by atoms with van der Waals surface area (Å²) in [5.41, 5.74) is 2.22. The minimum Gasteiger partial charge on any atom is -0.345 e. The molecule has 1 aromatic carbocycles. The maximum atomic E-state index is 12.3. The van der Waals surface area contributed by atoms with Crippen LogP contribution in [0.2, 0.25) is 0 Å². The molecule has 0 saturated heterocycles. The van der Waals surface area contributed by atoms with Gasteiger partial charge in [-0.15, -0.1) is 0 Å². The molecule has 1 aromatic heterocycles. The minimum absolute atomic E-state index is 0.110. The lowest BCUT2D eigenvalue weighted by Crippen LogP contribution is -2.22. The van der Waals surface area contributed by atoms with E-state index in [1.165, 1.54) is 22.0 Å². The molecule has 0 saturated carbocycles. The third kappa shape index (κ3) is 3.94. The van der Waals surface area contributed by atoms with Crippen LogP contribution in [0, 0.1) is 6.92 Å². The number of aromatic nitrogens is 2. The van der Waals surface area contributed by atoms with Gasteiger partial charge in [-0.1, -0.05) is 6.07 Å². The van der Waals surface area contributed by atoms with Crippen LogP contribution in [0.5, 0.6) is 0 Å². The summed E-state index contributed by atoms with van der Waals surface area (Å²) < 4.78 is 13.6. The number of anilines is 1. The van der Waals surface area contributed by atoms with Gasteiger partial charge in [0.05, 0.1) is 18.3 Å². The highest BCUT2D eigenvalue weighted by molar-refractivity contribution is 6.05. The molecule has 1 N–H and O–H groups in total. The lowest BCUT2D eigenvalue weighted by Gasteiger charge is -2.13. The van der Waals surface area contributed by atoms with Gasteiger partial charge in [-0.05, 0) is 24.6 Å². The molecule has 7 heteroatoms. The Morgan fingerprint density at radius 1 is 1.30 bits per heavy atom. The van der Waals surface area contributed by atoms with Crippen molar-refractivity contribution < 1.29 is 14.0 Å². The van der Waals surface area contributed by atoms with Gasteiger partial charge < -0.3 is 10.2 Å². The van der Waals surface area contributed by atoms with Crippen LogP contribution in [0.1, 0.15) is 26.3 Å². The predicted molar refractivity (Wildman–Crippen MR) is 85.4 cm³/mol. The largest absolute Gasteiger partial charge is 0.345 e. The van der Waals surface area contributed by atoms with Crippen molar-refractivity contribution in [2.24, 2.45) is 0 Å². The van der Waals surface area contributed by atoms with E-state index >= 15 is 0 Å². The van der Waals surface area contributed by atoms with E-state index in [-0.39, 0.29) is 18.4 Å². The predicted octanol–water partition coefficient (Wildman–Crippen LogP) is 2.12. The standard InChI is InChI=1S/C16H19FN4O2/c1-11-4-5-12(16(23)20(2)3)8-14(11)19-15(22)13-9-18-21(10-13)7-6-17/h4-5,8-10H,6-7H2,1-3H3,(H,19,22). The first-order valence-electron chi connectivity index (χ1n) is 7.14. The van der Waals surface area contributed by atoms with Crippen LogP contribution >= 0.6 is 0 Å². The Labute approximate surface area is 133 Å². The summed E-state index contributed by atoms with van der Waals surface area (Å²) in [7, 11) is 3.33. The van der Waals surface area contributed by atoms with E-state index in [2.05, 4.69) is 10.4 Å². The second-order valence-electron chi connectivity index (χ2n) is 5.36. The monoisotopic (exact) mass is 318 g/mol. The van der Waals surface area contributed by atoms with E-state index in [0.29, 0.717) is 16.8 Å². The lowest BCUT2D eigenvalue weighted by molar-refractivity contribution is 0.0827. The zero-order valence-corrected chi connectivity index (χ0v) is 13.3. The van der Waals surface area contributed by atoms with Crippen molar-refractivity contribution >= 4 is 17.5 Å². The van der Waals surface area contributed by atoms with E-state index in [4.69, 9.17) is 0 Å². The quantitative estimate of drug-likeness (QED) is 0.918. The molecular weight excluding hydrogens is 299 g/mol. The van der Waals surface area contributed by atoms with Gasteiger partial charge in [-0.2, -0.15) is 5.10 Å². The number of hydrogen-bond donors (Lipinski definition) is 1. The van der Waals surface area contributed by atoms with Crippen LogP contribution in [0.15, 0.2) is 30.6 Å². The highest BCUT2D eigenvalue weighted by atomic mass is 19.1.